The zero-order valence-electron chi connectivity index (χ0n) is 15.2. The minimum Gasteiger partial charge on any atom is -0.423 e. The van der Waals surface area contributed by atoms with Crippen molar-refractivity contribution < 1.29 is 28.6 Å². The van der Waals surface area contributed by atoms with E-state index in [1.54, 1.807) is 18.2 Å². The summed E-state index contributed by atoms with van der Waals surface area (Å²) in [5, 5.41) is 0.721. The second-order valence-electron chi connectivity index (χ2n) is 5.85. The van der Waals surface area contributed by atoms with Gasteiger partial charge in [-0.1, -0.05) is 29.3 Å². The van der Waals surface area contributed by atoms with Crippen molar-refractivity contribution >= 4 is 53.1 Å². The Balaban J connectivity index is 1.96. The van der Waals surface area contributed by atoms with Crippen LogP contribution in [0.1, 0.15) is 25.0 Å². The number of nitrogens with zero attached hydrogens (tertiary/aromatic N) is 1. The highest BCUT2D eigenvalue weighted by Gasteiger charge is 2.26. The number of ether oxygens (including phenoxy) is 3. The molecule has 2 aromatic rings. The van der Waals surface area contributed by atoms with E-state index in [1.807, 2.05) is 0 Å². The first kappa shape index (κ1) is 20.6. The molecule has 2 aromatic carbocycles. The van der Waals surface area contributed by atoms with E-state index >= 15 is 0 Å². The van der Waals surface area contributed by atoms with Gasteiger partial charge in [-0.3, -0.25) is 9.59 Å². The number of halogens is 2. The third kappa shape index (κ3) is 5.01. The highest BCUT2D eigenvalue weighted by atomic mass is 35.5. The zero-order valence-corrected chi connectivity index (χ0v) is 16.7. The van der Waals surface area contributed by atoms with Gasteiger partial charge in [-0.05, 0) is 42.0 Å². The minimum absolute atomic E-state index is 0.0139. The van der Waals surface area contributed by atoms with Crippen LogP contribution in [0.4, 0.5) is 0 Å². The molecule has 0 spiro atoms. The molecule has 1 aliphatic heterocycles. The number of rotatable bonds is 4. The number of carbonyl (C=O) groups excluding carboxylic acids is 3. The topological polar surface area (TPSA) is 91.3 Å². The predicted molar refractivity (Wildman–Crippen MR) is 106 cm³/mol. The van der Waals surface area contributed by atoms with Gasteiger partial charge in [0.1, 0.15) is 0 Å². The third-order valence-electron chi connectivity index (χ3n) is 3.56. The molecule has 0 unspecified atom stereocenters. The van der Waals surface area contributed by atoms with Crippen molar-refractivity contribution in [3.8, 4) is 11.5 Å². The monoisotopic (exact) mass is 433 g/mol. The van der Waals surface area contributed by atoms with Crippen LogP contribution in [0.3, 0.4) is 0 Å². The Labute approximate surface area is 175 Å². The average Bonchev–Trinajstić information content (AvgIpc) is 2.96. The summed E-state index contributed by atoms with van der Waals surface area (Å²) in [6.07, 6.45) is 1.43. The molecule has 0 aliphatic carbocycles. The molecular formula is C20H13Cl2NO6. The second-order valence-corrected chi connectivity index (χ2v) is 6.70. The van der Waals surface area contributed by atoms with Gasteiger partial charge in [0.2, 0.25) is 5.90 Å². The number of aliphatic imine (C=N–C) groups is 1. The van der Waals surface area contributed by atoms with Crippen LogP contribution in [0.15, 0.2) is 47.1 Å². The van der Waals surface area contributed by atoms with Crippen molar-refractivity contribution in [1.82, 2.24) is 0 Å². The lowest BCUT2D eigenvalue weighted by atomic mass is 10.1. The van der Waals surface area contributed by atoms with Crippen LogP contribution in [0, 0.1) is 0 Å². The number of carbonyl (C=O) groups is 3. The van der Waals surface area contributed by atoms with Crippen molar-refractivity contribution in [1.29, 1.82) is 0 Å². The quantitative estimate of drug-likeness (QED) is 0.407. The van der Waals surface area contributed by atoms with Gasteiger partial charge in [0.25, 0.3) is 0 Å². The van der Waals surface area contributed by atoms with Crippen LogP contribution in [0.25, 0.3) is 6.08 Å². The van der Waals surface area contributed by atoms with E-state index in [4.69, 9.17) is 37.4 Å². The maximum absolute atomic E-state index is 12.2. The fourth-order valence-electron chi connectivity index (χ4n) is 2.43. The maximum Gasteiger partial charge on any atom is 0.363 e. The first-order valence-electron chi connectivity index (χ1n) is 8.22. The van der Waals surface area contributed by atoms with E-state index in [0.29, 0.717) is 16.1 Å². The van der Waals surface area contributed by atoms with E-state index < -0.39 is 17.9 Å². The van der Waals surface area contributed by atoms with Crippen LogP contribution in [-0.4, -0.2) is 23.8 Å². The lowest BCUT2D eigenvalue weighted by Gasteiger charge is -2.09. The summed E-state index contributed by atoms with van der Waals surface area (Å²) in [7, 11) is 0. The molecule has 0 bridgehead atoms. The van der Waals surface area contributed by atoms with Crippen LogP contribution < -0.4 is 9.47 Å². The molecule has 29 heavy (non-hydrogen) atoms. The molecule has 9 heteroatoms. The lowest BCUT2D eigenvalue weighted by Crippen LogP contribution is -2.07. The van der Waals surface area contributed by atoms with Gasteiger partial charge in [-0.15, -0.1) is 0 Å². The highest BCUT2D eigenvalue weighted by Crippen LogP contribution is 2.31. The molecule has 0 N–H and O–H groups in total. The smallest absolute Gasteiger partial charge is 0.363 e. The molecule has 148 valence electrons. The Morgan fingerprint density at radius 3 is 2.34 bits per heavy atom. The number of benzene rings is 2. The molecule has 0 amide bonds. The molecule has 3 rings (SSSR count). The van der Waals surface area contributed by atoms with Crippen LogP contribution in [0.2, 0.25) is 10.0 Å². The standard InChI is InChI=1S/C20H13Cl2NO6/c1-10(24)27-17-6-3-12(8-18(17)28-11(2)25)7-16-20(26)29-19(23-16)14-5-4-13(21)9-15(14)22/h3-9H,1-2H3/b16-7+. The summed E-state index contributed by atoms with van der Waals surface area (Å²) in [6.45, 7) is 2.43. The summed E-state index contributed by atoms with van der Waals surface area (Å²) >= 11 is 12.0. The molecule has 0 aromatic heterocycles. The first-order valence-corrected chi connectivity index (χ1v) is 8.97. The Morgan fingerprint density at radius 1 is 1.00 bits per heavy atom. The van der Waals surface area contributed by atoms with Gasteiger partial charge in [-0.2, -0.15) is 0 Å². The molecule has 0 radical (unpaired) electrons. The van der Waals surface area contributed by atoms with Crippen molar-refractivity contribution in [2.75, 3.05) is 0 Å². The number of esters is 3. The molecule has 7 nitrogen and oxygen atoms in total. The zero-order chi connectivity index (χ0) is 21.1. The SMILES string of the molecule is CC(=O)Oc1ccc(/C=C2/N=C(c3ccc(Cl)cc3Cl)OC2=O)cc1OC(C)=O. The average molecular weight is 434 g/mol. The Hall–Kier alpha value is -3.16. The Kier molecular flexibility index (Phi) is 6.00. The highest BCUT2D eigenvalue weighted by molar-refractivity contribution is 6.37. The summed E-state index contributed by atoms with van der Waals surface area (Å²) in [5.41, 5.74) is 0.898. The Bertz CT molecular complexity index is 1090. The molecule has 0 fully saturated rings. The molecular weight excluding hydrogens is 421 g/mol. The van der Waals surface area contributed by atoms with Crippen LogP contribution in [-0.2, 0) is 19.1 Å². The first-order chi connectivity index (χ1) is 13.7. The summed E-state index contributed by atoms with van der Waals surface area (Å²) in [6, 6.07) is 9.13. The number of cyclic esters (lactones) is 1. The lowest BCUT2D eigenvalue weighted by molar-refractivity contribution is -0.134. The second kappa shape index (κ2) is 8.46. The van der Waals surface area contributed by atoms with E-state index in [0.717, 1.165) is 0 Å². The molecule has 0 atom stereocenters. The van der Waals surface area contributed by atoms with Crippen molar-refractivity contribution in [3.63, 3.8) is 0 Å². The summed E-state index contributed by atoms with van der Waals surface area (Å²) in [5.74, 6) is -1.71. The van der Waals surface area contributed by atoms with E-state index in [2.05, 4.69) is 4.99 Å². The normalized spacial score (nSPS) is 14.4. The van der Waals surface area contributed by atoms with Gasteiger partial charge in [-0.25, -0.2) is 9.79 Å². The van der Waals surface area contributed by atoms with Gasteiger partial charge >= 0.3 is 17.9 Å². The molecule has 1 aliphatic rings. The fourth-order valence-corrected chi connectivity index (χ4v) is 2.92. The largest absolute Gasteiger partial charge is 0.423 e. The van der Waals surface area contributed by atoms with E-state index in [-0.39, 0.29) is 28.1 Å². The molecule has 0 saturated carbocycles. The number of hydrogen-bond donors (Lipinski definition) is 0. The Morgan fingerprint density at radius 2 is 1.69 bits per heavy atom. The fraction of sp³-hybridized carbons (Fsp3) is 0.100. The van der Waals surface area contributed by atoms with Crippen LogP contribution in [0.5, 0.6) is 11.5 Å². The van der Waals surface area contributed by atoms with E-state index in [1.165, 1.54) is 38.1 Å². The van der Waals surface area contributed by atoms with E-state index in [9.17, 15) is 14.4 Å². The van der Waals surface area contributed by atoms with Crippen LogP contribution >= 0.6 is 23.2 Å². The van der Waals surface area contributed by atoms with Gasteiger partial charge in [0.05, 0.1) is 10.6 Å². The van der Waals surface area contributed by atoms with Crippen molar-refractivity contribution in [2.45, 2.75) is 13.8 Å². The predicted octanol–water partition coefficient (Wildman–Crippen LogP) is 4.19. The molecule has 0 saturated heterocycles. The number of hydrogen-bond acceptors (Lipinski definition) is 7. The summed E-state index contributed by atoms with van der Waals surface area (Å²) < 4.78 is 15.3. The summed E-state index contributed by atoms with van der Waals surface area (Å²) in [4.78, 5) is 38.9. The van der Waals surface area contributed by atoms with Crippen molar-refractivity contribution in [2.24, 2.45) is 4.99 Å². The maximum atomic E-state index is 12.2. The molecule has 1 heterocycles. The third-order valence-corrected chi connectivity index (χ3v) is 4.11. The van der Waals surface area contributed by atoms with Gasteiger partial charge in [0.15, 0.2) is 17.2 Å². The minimum atomic E-state index is -0.677. The van der Waals surface area contributed by atoms with Gasteiger partial charge in [0, 0.05) is 18.9 Å². The van der Waals surface area contributed by atoms with Crippen molar-refractivity contribution in [3.05, 3.63) is 63.3 Å². The van der Waals surface area contributed by atoms with Gasteiger partial charge < -0.3 is 14.2 Å².